The van der Waals surface area contributed by atoms with Crippen LogP contribution in [0.1, 0.15) is 43.4 Å². The molecule has 184 valence electrons. The van der Waals surface area contributed by atoms with Crippen LogP contribution in [0.25, 0.3) is 17.1 Å². The Kier molecular flexibility index (Phi) is 7.23. The molecule has 1 amide bonds. The molecule has 0 N–H and O–H groups in total. The van der Waals surface area contributed by atoms with Crippen LogP contribution in [0.3, 0.4) is 0 Å². The van der Waals surface area contributed by atoms with Gasteiger partial charge in [-0.15, -0.1) is 10.2 Å². The van der Waals surface area contributed by atoms with Gasteiger partial charge in [0.25, 0.3) is 0 Å². The Morgan fingerprint density at radius 3 is 2.50 bits per heavy atom. The zero-order chi connectivity index (χ0) is 25.1. The first-order valence-electron chi connectivity index (χ1n) is 12.7. The van der Waals surface area contributed by atoms with Gasteiger partial charge in [-0.25, -0.2) is 0 Å². The highest BCUT2D eigenvalue weighted by Crippen LogP contribution is 2.34. The fraction of sp³-hybridized carbons (Fsp3) is 0.300. The lowest BCUT2D eigenvalue weighted by atomic mass is 10.1. The molecule has 1 aliphatic heterocycles. The molecule has 36 heavy (non-hydrogen) atoms. The summed E-state index contributed by atoms with van der Waals surface area (Å²) in [7, 11) is 0. The molecule has 6 heteroatoms. The maximum Gasteiger partial charge on any atom is 0.237 e. The van der Waals surface area contributed by atoms with Crippen molar-refractivity contribution in [1.29, 1.82) is 0 Å². The highest BCUT2D eigenvalue weighted by Gasteiger charge is 2.30. The van der Waals surface area contributed by atoms with E-state index < -0.39 is 0 Å². The number of thioether (sulfide) groups is 1. The minimum atomic E-state index is 0.0961. The summed E-state index contributed by atoms with van der Waals surface area (Å²) in [5.41, 5.74) is 6.80. The van der Waals surface area contributed by atoms with Crippen molar-refractivity contribution in [3.63, 3.8) is 0 Å². The highest BCUT2D eigenvalue weighted by atomic mass is 32.2. The molecule has 1 aliphatic rings. The van der Waals surface area contributed by atoms with Gasteiger partial charge in [0, 0.05) is 23.0 Å². The summed E-state index contributed by atoms with van der Waals surface area (Å²) in [5.74, 6) is 1.18. The summed E-state index contributed by atoms with van der Waals surface area (Å²) in [6.45, 7) is 6.40. The molecule has 5 nitrogen and oxygen atoms in total. The molecule has 1 aromatic heterocycles. The lowest BCUT2D eigenvalue weighted by molar-refractivity contribution is -0.116. The van der Waals surface area contributed by atoms with E-state index in [1.54, 1.807) is 0 Å². The Hall–Kier alpha value is -3.38. The standard InChI is InChI=1S/C30H32N4OS/c1-4-5-8-23-13-17-26(18-14-23)34-29(24-15-11-21(2)12-16-24)31-32-30(34)36-20-28(35)33-22(3)19-25-9-6-7-10-27(25)33/h6-7,9-18,22H,4-5,8,19-20H2,1-3H3. The van der Waals surface area contributed by atoms with E-state index >= 15 is 0 Å². The summed E-state index contributed by atoms with van der Waals surface area (Å²) < 4.78 is 2.08. The summed E-state index contributed by atoms with van der Waals surface area (Å²) in [6.07, 6.45) is 4.33. The summed E-state index contributed by atoms with van der Waals surface area (Å²) in [6, 6.07) is 25.3. The SMILES string of the molecule is CCCCc1ccc(-n2c(SCC(=O)N3c4ccccc4CC3C)nnc2-c2ccc(C)cc2)cc1. The number of aromatic nitrogens is 3. The van der Waals surface area contributed by atoms with Crippen molar-refractivity contribution in [3.8, 4) is 17.1 Å². The van der Waals surface area contributed by atoms with E-state index in [0.717, 1.165) is 40.8 Å². The summed E-state index contributed by atoms with van der Waals surface area (Å²) in [4.78, 5) is 15.3. The van der Waals surface area contributed by atoms with Crippen molar-refractivity contribution in [1.82, 2.24) is 14.8 Å². The van der Waals surface area contributed by atoms with Crippen LogP contribution in [-0.4, -0.2) is 32.5 Å². The van der Waals surface area contributed by atoms with E-state index in [1.165, 1.54) is 41.3 Å². The Morgan fingerprint density at radius 2 is 1.75 bits per heavy atom. The van der Waals surface area contributed by atoms with Gasteiger partial charge < -0.3 is 4.90 Å². The molecule has 0 saturated heterocycles. The van der Waals surface area contributed by atoms with Gasteiger partial charge in [-0.1, -0.05) is 85.3 Å². The first-order chi connectivity index (χ1) is 17.5. The average molecular weight is 497 g/mol. The smallest absolute Gasteiger partial charge is 0.237 e. The molecule has 5 rings (SSSR count). The van der Waals surface area contributed by atoms with Gasteiger partial charge in [0.1, 0.15) is 0 Å². The Morgan fingerprint density at radius 1 is 1.00 bits per heavy atom. The van der Waals surface area contributed by atoms with Crippen molar-refractivity contribution in [3.05, 3.63) is 89.5 Å². The average Bonchev–Trinajstić information content (AvgIpc) is 3.47. The van der Waals surface area contributed by atoms with Gasteiger partial charge in [0.2, 0.25) is 5.91 Å². The van der Waals surface area contributed by atoms with Gasteiger partial charge in [0.15, 0.2) is 11.0 Å². The molecule has 0 bridgehead atoms. The summed E-state index contributed by atoms with van der Waals surface area (Å²) in [5, 5.41) is 9.81. The van der Waals surface area contributed by atoms with E-state index in [-0.39, 0.29) is 11.9 Å². The molecular formula is C30H32N4OS. The van der Waals surface area contributed by atoms with Crippen LogP contribution in [0, 0.1) is 6.92 Å². The minimum Gasteiger partial charge on any atom is -0.308 e. The van der Waals surface area contributed by atoms with E-state index in [2.05, 4.69) is 90.1 Å². The fourth-order valence-corrected chi connectivity index (χ4v) is 5.63. The zero-order valence-corrected chi connectivity index (χ0v) is 22.0. The third-order valence-electron chi connectivity index (χ3n) is 6.76. The van der Waals surface area contributed by atoms with Crippen molar-refractivity contribution >= 4 is 23.4 Å². The molecule has 1 unspecified atom stereocenters. The van der Waals surface area contributed by atoms with Crippen LogP contribution < -0.4 is 4.90 Å². The Labute approximate surface area is 217 Å². The van der Waals surface area contributed by atoms with Crippen molar-refractivity contribution in [2.75, 3.05) is 10.7 Å². The van der Waals surface area contributed by atoms with Crippen molar-refractivity contribution < 1.29 is 4.79 Å². The molecule has 1 atom stereocenters. The second-order valence-corrected chi connectivity index (χ2v) is 10.5. The highest BCUT2D eigenvalue weighted by molar-refractivity contribution is 7.99. The number of anilines is 1. The van der Waals surface area contributed by atoms with Gasteiger partial charge in [-0.3, -0.25) is 9.36 Å². The molecule has 4 aromatic rings. The number of hydrogen-bond acceptors (Lipinski definition) is 4. The normalized spacial score (nSPS) is 14.8. The summed E-state index contributed by atoms with van der Waals surface area (Å²) >= 11 is 1.45. The Balaban J connectivity index is 1.43. The maximum atomic E-state index is 13.3. The quantitative estimate of drug-likeness (QED) is 0.256. The van der Waals surface area contributed by atoms with Crippen LogP contribution in [0.5, 0.6) is 0 Å². The van der Waals surface area contributed by atoms with Gasteiger partial charge in [-0.2, -0.15) is 0 Å². The second-order valence-electron chi connectivity index (χ2n) is 9.51. The predicted molar refractivity (Wildman–Crippen MR) is 148 cm³/mol. The molecule has 3 aromatic carbocycles. The number of carbonyl (C=O) groups excluding carboxylic acids is 1. The van der Waals surface area contributed by atoms with Gasteiger partial charge in [-0.05, 0) is 62.4 Å². The largest absolute Gasteiger partial charge is 0.308 e. The van der Waals surface area contributed by atoms with Crippen LogP contribution in [0.2, 0.25) is 0 Å². The first-order valence-corrected chi connectivity index (χ1v) is 13.7. The number of nitrogens with zero attached hydrogens (tertiary/aromatic N) is 4. The van der Waals surface area contributed by atoms with E-state index in [4.69, 9.17) is 0 Å². The fourth-order valence-electron chi connectivity index (χ4n) is 4.82. The number of rotatable bonds is 8. The molecule has 0 saturated carbocycles. The van der Waals surface area contributed by atoms with Crippen LogP contribution >= 0.6 is 11.8 Å². The molecule has 0 radical (unpaired) electrons. The number of unbranched alkanes of at least 4 members (excludes halogenated alkanes) is 1. The monoisotopic (exact) mass is 496 g/mol. The minimum absolute atomic E-state index is 0.0961. The Bertz CT molecular complexity index is 1340. The first kappa shape index (κ1) is 24.3. The van der Waals surface area contributed by atoms with Gasteiger partial charge in [0.05, 0.1) is 5.75 Å². The number of para-hydroxylation sites is 1. The van der Waals surface area contributed by atoms with Crippen LogP contribution in [0.15, 0.2) is 78.0 Å². The number of hydrogen-bond donors (Lipinski definition) is 0. The molecule has 0 spiro atoms. The number of aryl methyl sites for hydroxylation is 2. The topological polar surface area (TPSA) is 51.0 Å². The maximum absolute atomic E-state index is 13.3. The molecular weight excluding hydrogens is 464 g/mol. The second kappa shape index (κ2) is 10.7. The lowest BCUT2D eigenvalue weighted by Gasteiger charge is -2.22. The number of amides is 1. The predicted octanol–water partition coefficient (Wildman–Crippen LogP) is 6.66. The number of benzene rings is 3. The van der Waals surface area contributed by atoms with E-state index in [1.807, 2.05) is 23.1 Å². The lowest BCUT2D eigenvalue weighted by Crippen LogP contribution is -2.37. The number of fused-ring (bicyclic) bond motifs is 1. The zero-order valence-electron chi connectivity index (χ0n) is 21.1. The van der Waals surface area contributed by atoms with Gasteiger partial charge >= 0.3 is 0 Å². The third-order valence-corrected chi connectivity index (χ3v) is 7.67. The van der Waals surface area contributed by atoms with Crippen LogP contribution in [-0.2, 0) is 17.6 Å². The molecule has 0 aliphatic carbocycles. The molecule has 2 heterocycles. The number of carbonyl (C=O) groups is 1. The molecule has 0 fully saturated rings. The van der Waals surface area contributed by atoms with E-state index in [0.29, 0.717) is 5.75 Å². The van der Waals surface area contributed by atoms with E-state index in [9.17, 15) is 4.79 Å². The van der Waals surface area contributed by atoms with Crippen molar-refractivity contribution in [2.24, 2.45) is 0 Å². The van der Waals surface area contributed by atoms with Crippen LogP contribution in [0.4, 0.5) is 5.69 Å². The third kappa shape index (κ3) is 4.96. The van der Waals surface area contributed by atoms with Crippen molar-refractivity contribution in [2.45, 2.75) is 57.7 Å².